The van der Waals surface area contributed by atoms with Crippen LogP contribution in [0.5, 0.6) is 0 Å². The van der Waals surface area contributed by atoms with Gasteiger partial charge in [0.25, 0.3) is 0 Å². The number of halogens is 5. The predicted molar refractivity (Wildman–Crippen MR) is 54.0 cm³/mol. The summed E-state index contributed by atoms with van der Waals surface area (Å²) in [6, 6.07) is 2.52. The summed E-state index contributed by atoms with van der Waals surface area (Å²) in [6.07, 6.45) is -3.73. The molecule has 0 amide bonds. The first-order valence-corrected chi connectivity index (χ1v) is 4.58. The summed E-state index contributed by atoms with van der Waals surface area (Å²) < 4.78 is 50.0. The molecule has 1 aromatic carbocycles. The maximum atomic E-state index is 13.0. The van der Waals surface area contributed by atoms with Crippen molar-refractivity contribution in [3.05, 3.63) is 35.1 Å². The van der Waals surface area contributed by atoms with E-state index < -0.39 is 17.6 Å². The highest BCUT2D eigenvalue weighted by Gasteiger charge is 2.32. The highest BCUT2D eigenvalue weighted by Crippen LogP contribution is 2.33. The highest BCUT2D eigenvalue weighted by atomic mass is 35.5. The lowest BCUT2D eigenvalue weighted by Gasteiger charge is -2.28. The molecule has 1 nitrogen and oxygen atoms in total. The monoisotopic (exact) mass is 255 g/mol. The number of nitrogens with one attached hydrogen (secondary N) is 1. The van der Waals surface area contributed by atoms with E-state index in [0.717, 1.165) is 25.1 Å². The first kappa shape index (κ1) is 13.3. The molecule has 0 aliphatic carbocycles. The minimum absolute atomic E-state index is 0. The van der Waals surface area contributed by atoms with E-state index in [9.17, 15) is 17.6 Å². The summed E-state index contributed by atoms with van der Waals surface area (Å²) in [5.41, 5.74) is -0.556. The highest BCUT2D eigenvalue weighted by molar-refractivity contribution is 5.85. The van der Waals surface area contributed by atoms with E-state index in [1.807, 2.05) is 0 Å². The predicted octanol–water partition coefficient (Wildman–Crippen LogP) is 3.30. The van der Waals surface area contributed by atoms with Gasteiger partial charge in [0.1, 0.15) is 5.82 Å². The molecule has 1 saturated heterocycles. The van der Waals surface area contributed by atoms with Gasteiger partial charge in [-0.15, -0.1) is 12.4 Å². The van der Waals surface area contributed by atoms with E-state index >= 15 is 0 Å². The zero-order valence-electron chi connectivity index (χ0n) is 8.14. The SMILES string of the molecule is Cl.Fc1cc([C@H]2CCN2)cc(C(F)(F)F)c1. The van der Waals surface area contributed by atoms with Crippen molar-refractivity contribution in [1.29, 1.82) is 0 Å². The molecule has 16 heavy (non-hydrogen) atoms. The topological polar surface area (TPSA) is 12.0 Å². The number of rotatable bonds is 1. The van der Waals surface area contributed by atoms with Crippen LogP contribution in [0.2, 0.25) is 0 Å². The van der Waals surface area contributed by atoms with Crippen molar-refractivity contribution < 1.29 is 17.6 Å². The second kappa shape index (κ2) is 4.59. The van der Waals surface area contributed by atoms with Crippen molar-refractivity contribution in [1.82, 2.24) is 5.32 Å². The van der Waals surface area contributed by atoms with Crippen LogP contribution in [0.4, 0.5) is 17.6 Å². The summed E-state index contributed by atoms with van der Waals surface area (Å²) in [7, 11) is 0. The Hall–Kier alpha value is -0.810. The van der Waals surface area contributed by atoms with Crippen LogP contribution < -0.4 is 5.32 Å². The summed E-state index contributed by atoms with van der Waals surface area (Å²) in [5, 5.41) is 2.93. The zero-order valence-corrected chi connectivity index (χ0v) is 8.96. The zero-order chi connectivity index (χ0) is 11.1. The third-order valence-corrected chi connectivity index (χ3v) is 2.47. The lowest BCUT2D eigenvalue weighted by Crippen LogP contribution is -2.35. The van der Waals surface area contributed by atoms with Crippen molar-refractivity contribution in [2.45, 2.75) is 18.6 Å². The van der Waals surface area contributed by atoms with Crippen molar-refractivity contribution in [3.8, 4) is 0 Å². The van der Waals surface area contributed by atoms with Gasteiger partial charge in [0.2, 0.25) is 0 Å². The molecule has 1 fully saturated rings. The normalized spacial score (nSPS) is 19.9. The third kappa shape index (κ3) is 2.65. The Bertz CT molecular complexity index is 374. The van der Waals surface area contributed by atoms with Crippen LogP contribution in [0.1, 0.15) is 23.6 Å². The number of benzene rings is 1. The van der Waals surface area contributed by atoms with Crippen LogP contribution in [0.3, 0.4) is 0 Å². The molecule has 0 saturated carbocycles. The van der Waals surface area contributed by atoms with Crippen molar-refractivity contribution >= 4 is 12.4 Å². The van der Waals surface area contributed by atoms with Crippen LogP contribution in [-0.4, -0.2) is 6.54 Å². The maximum absolute atomic E-state index is 13.0. The van der Waals surface area contributed by atoms with Crippen LogP contribution in [0, 0.1) is 5.82 Å². The summed E-state index contributed by atoms with van der Waals surface area (Å²) >= 11 is 0. The van der Waals surface area contributed by atoms with Crippen LogP contribution in [-0.2, 0) is 6.18 Å². The lowest BCUT2D eigenvalue weighted by atomic mass is 9.96. The van der Waals surface area contributed by atoms with E-state index in [4.69, 9.17) is 0 Å². The first-order chi connectivity index (χ1) is 6.97. The molecule has 0 spiro atoms. The van der Waals surface area contributed by atoms with Gasteiger partial charge >= 0.3 is 6.18 Å². The standard InChI is InChI=1S/C10H9F4N.ClH/c11-8-4-6(9-1-2-15-9)3-7(5-8)10(12,13)14;/h3-5,9,15H,1-2H2;1H/t9-;/m1./s1. The van der Waals surface area contributed by atoms with E-state index in [1.165, 1.54) is 0 Å². The van der Waals surface area contributed by atoms with E-state index in [0.29, 0.717) is 11.6 Å². The van der Waals surface area contributed by atoms with Crippen LogP contribution in [0.15, 0.2) is 18.2 Å². The largest absolute Gasteiger partial charge is 0.416 e. The van der Waals surface area contributed by atoms with Crippen LogP contribution >= 0.6 is 12.4 Å². The molecule has 1 aliphatic rings. The molecule has 0 radical (unpaired) electrons. The van der Waals surface area contributed by atoms with Gasteiger partial charge in [-0.05, 0) is 36.7 Å². The van der Waals surface area contributed by atoms with Gasteiger partial charge in [-0.25, -0.2) is 4.39 Å². The molecule has 1 aliphatic heterocycles. The molecule has 90 valence electrons. The average molecular weight is 256 g/mol. The molecule has 1 heterocycles. The quantitative estimate of drug-likeness (QED) is 0.760. The molecule has 1 atom stereocenters. The number of hydrogen-bond acceptors (Lipinski definition) is 1. The Morgan fingerprint density at radius 2 is 1.81 bits per heavy atom. The van der Waals surface area contributed by atoms with Gasteiger partial charge in [0.15, 0.2) is 0 Å². The second-order valence-corrected chi connectivity index (χ2v) is 3.57. The number of alkyl halides is 3. The third-order valence-electron chi connectivity index (χ3n) is 2.47. The van der Waals surface area contributed by atoms with Gasteiger partial charge in [-0.3, -0.25) is 0 Å². The average Bonchev–Trinajstić information content (AvgIpc) is 1.97. The fourth-order valence-corrected chi connectivity index (χ4v) is 1.55. The Morgan fingerprint density at radius 3 is 2.25 bits per heavy atom. The lowest BCUT2D eigenvalue weighted by molar-refractivity contribution is -0.137. The Balaban J connectivity index is 0.00000128. The van der Waals surface area contributed by atoms with Gasteiger partial charge in [-0.2, -0.15) is 13.2 Å². The molecule has 1 N–H and O–H groups in total. The first-order valence-electron chi connectivity index (χ1n) is 4.58. The Labute approximate surface area is 96.3 Å². The maximum Gasteiger partial charge on any atom is 0.416 e. The molecule has 0 unspecified atom stereocenters. The fourth-order valence-electron chi connectivity index (χ4n) is 1.55. The Morgan fingerprint density at radius 1 is 1.19 bits per heavy atom. The van der Waals surface area contributed by atoms with Crippen LogP contribution in [0.25, 0.3) is 0 Å². The number of hydrogen-bond donors (Lipinski definition) is 1. The summed E-state index contributed by atoms with van der Waals surface area (Å²) in [5.74, 6) is -0.839. The minimum atomic E-state index is -4.49. The summed E-state index contributed by atoms with van der Waals surface area (Å²) in [6.45, 7) is 0.766. The smallest absolute Gasteiger partial charge is 0.310 e. The molecule has 0 aromatic heterocycles. The van der Waals surface area contributed by atoms with E-state index in [1.54, 1.807) is 0 Å². The van der Waals surface area contributed by atoms with Gasteiger partial charge in [0, 0.05) is 6.04 Å². The Kier molecular flexibility index (Phi) is 3.80. The molecule has 1 aromatic rings. The molecule has 6 heteroatoms. The van der Waals surface area contributed by atoms with Gasteiger partial charge in [0.05, 0.1) is 5.56 Å². The molecule has 2 rings (SSSR count). The molecular formula is C10H10ClF4N. The van der Waals surface area contributed by atoms with Crippen molar-refractivity contribution in [3.63, 3.8) is 0 Å². The molecular weight excluding hydrogens is 246 g/mol. The summed E-state index contributed by atoms with van der Waals surface area (Å²) in [4.78, 5) is 0. The van der Waals surface area contributed by atoms with E-state index in [2.05, 4.69) is 5.32 Å². The second-order valence-electron chi connectivity index (χ2n) is 3.57. The van der Waals surface area contributed by atoms with Crippen molar-refractivity contribution in [2.24, 2.45) is 0 Å². The molecule has 0 bridgehead atoms. The van der Waals surface area contributed by atoms with E-state index in [-0.39, 0.29) is 18.4 Å². The van der Waals surface area contributed by atoms with Gasteiger partial charge < -0.3 is 5.32 Å². The fraction of sp³-hybridized carbons (Fsp3) is 0.400. The minimum Gasteiger partial charge on any atom is -0.310 e. The van der Waals surface area contributed by atoms with Crippen molar-refractivity contribution in [2.75, 3.05) is 6.54 Å². The van der Waals surface area contributed by atoms with Gasteiger partial charge in [-0.1, -0.05) is 0 Å².